The van der Waals surface area contributed by atoms with E-state index in [1.54, 1.807) is 19.1 Å². The highest BCUT2D eigenvalue weighted by Gasteiger charge is 2.12. The van der Waals surface area contributed by atoms with Gasteiger partial charge in [-0.15, -0.1) is 11.6 Å². The molecule has 3 heteroatoms. The molecule has 0 bridgehead atoms. The smallest absolute Gasteiger partial charge is 0.180 e. The molecular formula is C11H13ClO2. The number of carbonyl (C=O) groups excluding carboxylic acids is 1. The highest BCUT2D eigenvalue weighted by Crippen LogP contribution is 2.14. The maximum atomic E-state index is 11.5. The van der Waals surface area contributed by atoms with Gasteiger partial charge in [0.2, 0.25) is 0 Å². The summed E-state index contributed by atoms with van der Waals surface area (Å²) in [5, 5.41) is 8.50. The van der Waals surface area contributed by atoms with E-state index in [4.69, 9.17) is 16.7 Å². The van der Waals surface area contributed by atoms with Crippen molar-refractivity contribution in [3.8, 4) is 0 Å². The second-order valence-electron chi connectivity index (χ2n) is 3.28. The summed E-state index contributed by atoms with van der Waals surface area (Å²) >= 11 is 5.69. The summed E-state index contributed by atoms with van der Waals surface area (Å²) in [4.78, 5) is 11.5. The normalized spacial score (nSPS) is 12.6. The molecule has 1 atom stereocenters. The maximum Gasteiger partial charge on any atom is 0.180 e. The van der Waals surface area contributed by atoms with Crippen LogP contribution < -0.4 is 0 Å². The van der Waals surface area contributed by atoms with Gasteiger partial charge in [-0.2, -0.15) is 0 Å². The van der Waals surface area contributed by atoms with Crippen LogP contribution in [0.2, 0.25) is 0 Å². The number of aliphatic hydroxyl groups is 1. The van der Waals surface area contributed by atoms with Crippen molar-refractivity contribution < 1.29 is 9.90 Å². The third kappa shape index (κ3) is 2.34. The van der Waals surface area contributed by atoms with Gasteiger partial charge in [0.1, 0.15) is 0 Å². The number of rotatable bonds is 3. The van der Waals surface area contributed by atoms with E-state index in [0.717, 1.165) is 11.1 Å². The van der Waals surface area contributed by atoms with Crippen molar-refractivity contribution in [3.63, 3.8) is 0 Å². The summed E-state index contributed by atoms with van der Waals surface area (Å²) in [7, 11) is 0. The molecule has 0 aliphatic heterocycles. The third-order valence-electron chi connectivity index (χ3n) is 2.17. The van der Waals surface area contributed by atoms with Gasteiger partial charge in [0, 0.05) is 5.56 Å². The number of benzene rings is 1. The predicted octanol–water partition coefficient (Wildman–Crippen LogP) is 2.30. The summed E-state index contributed by atoms with van der Waals surface area (Å²) in [5.41, 5.74) is 2.31. The quantitative estimate of drug-likeness (QED) is 0.617. The standard InChI is InChI=1S/C11H13ClO2/c1-7-3-4-9(5-10(7)6-13)11(14)8(2)12/h3-5,8,13H,6H2,1-2H3. The maximum absolute atomic E-state index is 11.5. The van der Waals surface area contributed by atoms with Crippen LogP contribution in [0, 0.1) is 6.92 Å². The summed E-state index contributed by atoms with van der Waals surface area (Å²) in [5.74, 6) is -0.110. The average molecular weight is 213 g/mol. The number of carbonyl (C=O) groups is 1. The van der Waals surface area contributed by atoms with Gasteiger partial charge in [-0.3, -0.25) is 4.79 Å². The van der Waals surface area contributed by atoms with Crippen LogP contribution in [-0.4, -0.2) is 16.3 Å². The molecule has 0 spiro atoms. The van der Waals surface area contributed by atoms with Crippen LogP contribution in [-0.2, 0) is 6.61 Å². The Kier molecular flexibility index (Phi) is 3.67. The molecule has 1 unspecified atom stereocenters. The lowest BCUT2D eigenvalue weighted by atomic mass is 10.0. The van der Waals surface area contributed by atoms with Crippen LogP contribution in [0.3, 0.4) is 0 Å². The molecular weight excluding hydrogens is 200 g/mol. The van der Waals surface area contributed by atoms with Gasteiger partial charge in [-0.05, 0) is 31.0 Å². The first kappa shape index (κ1) is 11.2. The molecule has 0 radical (unpaired) electrons. The first-order valence-corrected chi connectivity index (χ1v) is 4.88. The van der Waals surface area contributed by atoms with Gasteiger partial charge in [0.25, 0.3) is 0 Å². The number of halogens is 1. The second kappa shape index (κ2) is 4.58. The van der Waals surface area contributed by atoms with Gasteiger partial charge in [-0.25, -0.2) is 0 Å². The number of hydrogen-bond acceptors (Lipinski definition) is 2. The first-order chi connectivity index (χ1) is 6.56. The zero-order valence-electron chi connectivity index (χ0n) is 8.25. The molecule has 0 heterocycles. The van der Waals surface area contributed by atoms with E-state index in [2.05, 4.69) is 0 Å². The Hall–Kier alpha value is -0.860. The predicted molar refractivity (Wildman–Crippen MR) is 56.7 cm³/mol. The molecule has 0 saturated heterocycles. The van der Waals surface area contributed by atoms with E-state index >= 15 is 0 Å². The van der Waals surface area contributed by atoms with Crippen molar-refractivity contribution in [1.29, 1.82) is 0 Å². The number of Topliss-reactive ketones (excluding diaryl/α,β-unsaturated/α-hetero) is 1. The van der Waals surface area contributed by atoms with E-state index in [0.29, 0.717) is 5.56 Å². The van der Waals surface area contributed by atoms with E-state index in [-0.39, 0.29) is 12.4 Å². The molecule has 2 nitrogen and oxygen atoms in total. The molecule has 14 heavy (non-hydrogen) atoms. The fraction of sp³-hybridized carbons (Fsp3) is 0.364. The first-order valence-electron chi connectivity index (χ1n) is 4.45. The van der Waals surface area contributed by atoms with Gasteiger partial charge in [0.05, 0.1) is 12.0 Å². The largest absolute Gasteiger partial charge is 0.392 e. The molecule has 1 aromatic rings. The summed E-state index contributed by atoms with van der Waals surface area (Å²) in [6.07, 6.45) is 0. The van der Waals surface area contributed by atoms with Crippen LogP contribution in [0.1, 0.15) is 28.4 Å². The van der Waals surface area contributed by atoms with E-state index < -0.39 is 5.38 Å². The van der Waals surface area contributed by atoms with Crippen molar-refractivity contribution in [3.05, 3.63) is 34.9 Å². The topological polar surface area (TPSA) is 37.3 Å². The number of hydrogen-bond donors (Lipinski definition) is 1. The molecule has 0 saturated carbocycles. The van der Waals surface area contributed by atoms with Gasteiger partial charge < -0.3 is 5.11 Å². The Labute approximate surface area is 88.5 Å². The highest BCUT2D eigenvalue weighted by atomic mass is 35.5. The molecule has 1 aromatic carbocycles. The van der Waals surface area contributed by atoms with Crippen molar-refractivity contribution in [2.75, 3.05) is 0 Å². The highest BCUT2D eigenvalue weighted by molar-refractivity contribution is 6.33. The van der Waals surface area contributed by atoms with Crippen molar-refractivity contribution >= 4 is 17.4 Å². The summed E-state index contributed by atoms with van der Waals surface area (Å²) < 4.78 is 0. The van der Waals surface area contributed by atoms with Crippen LogP contribution in [0.5, 0.6) is 0 Å². The number of aliphatic hydroxyl groups excluding tert-OH is 1. The fourth-order valence-corrected chi connectivity index (χ4v) is 1.35. The fourth-order valence-electron chi connectivity index (χ4n) is 1.22. The lowest BCUT2D eigenvalue weighted by molar-refractivity contribution is 0.0991. The van der Waals surface area contributed by atoms with E-state index in [1.807, 2.05) is 13.0 Å². The van der Waals surface area contributed by atoms with Crippen LogP contribution >= 0.6 is 11.6 Å². The van der Waals surface area contributed by atoms with Crippen LogP contribution in [0.15, 0.2) is 18.2 Å². The molecule has 1 N–H and O–H groups in total. The summed E-state index contributed by atoms with van der Waals surface area (Å²) in [6, 6.07) is 5.24. The molecule has 0 amide bonds. The lowest BCUT2D eigenvalue weighted by Gasteiger charge is -2.06. The van der Waals surface area contributed by atoms with Crippen molar-refractivity contribution in [1.82, 2.24) is 0 Å². The zero-order chi connectivity index (χ0) is 10.7. The van der Waals surface area contributed by atoms with Gasteiger partial charge in [0.15, 0.2) is 5.78 Å². The lowest BCUT2D eigenvalue weighted by Crippen LogP contribution is -2.11. The molecule has 0 aliphatic carbocycles. The van der Waals surface area contributed by atoms with Crippen molar-refractivity contribution in [2.45, 2.75) is 25.8 Å². The Morgan fingerprint density at radius 2 is 2.21 bits per heavy atom. The van der Waals surface area contributed by atoms with Crippen LogP contribution in [0.25, 0.3) is 0 Å². The number of alkyl halides is 1. The zero-order valence-corrected chi connectivity index (χ0v) is 9.01. The number of ketones is 1. The molecule has 0 aliphatic rings. The van der Waals surface area contributed by atoms with Crippen molar-refractivity contribution in [2.24, 2.45) is 0 Å². The minimum absolute atomic E-state index is 0.0520. The number of aryl methyl sites for hydroxylation is 1. The molecule has 1 rings (SSSR count). The summed E-state index contributed by atoms with van der Waals surface area (Å²) in [6.45, 7) is 3.48. The van der Waals surface area contributed by atoms with E-state index in [1.165, 1.54) is 0 Å². The molecule has 0 aromatic heterocycles. The SMILES string of the molecule is Cc1ccc(C(=O)C(C)Cl)cc1CO. The van der Waals surface area contributed by atoms with Gasteiger partial charge in [-0.1, -0.05) is 12.1 Å². The third-order valence-corrected chi connectivity index (χ3v) is 2.36. The van der Waals surface area contributed by atoms with E-state index in [9.17, 15) is 4.79 Å². The van der Waals surface area contributed by atoms with Crippen LogP contribution in [0.4, 0.5) is 0 Å². The van der Waals surface area contributed by atoms with Gasteiger partial charge >= 0.3 is 0 Å². The Morgan fingerprint density at radius 3 is 2.71 bits per heavy atom. The minimum Gasteiger partial charge on any atom is -0.392 e. The molecule has 76 valence electrons. The average Bonchev–Trinajstić information content (AvgIpc) is 2.17. The Balaban J connectivity index is 3.06. The Bertz CT molecular complexity index is 345. The minimum atomic E-state index is -0.524. The monoisotopic (exact) mass is 212 g/mol. The second-order valence-corrected chi connectivity index (χ2v) is 3.93. The molecule has 0 fully saturated rings. The Morgan fingerprint density at radius 1 is 1.57 bits per heavy atom.